The highest BCUT2D eigenvalue weighted by Gasteiger charge is 2.16. The van der Waals surface area contributed by atoms with Gasteiger partial charge in [0.25, 0.3) is 0 Å². The summed E-state index contributed by atoms with van der Waals surface area (Å²) in [5.41, 5.74) is 1.62. The number of aromatic nitrogens is 1. The van der Waals surface area contributed by atoms with Crippen LogP contribution in [0.25, 0.3) is 17.3 Å². The summed E-state index contributed by atoms with van der Waals surface area (Å²) in [7, 11) is 5.04. The molecule has 0 amide bonds. The highest BCUT2D eigenvalue weighted by molar-refractivity contribution is 7.17. The molecule has 6 heteroatoms. The van der Waals surface area contributed by atoms with E-state index in [9.17, 15) is 4.79 Å². The minimum Gasteiger partial charge on any atom is -0.465 e. The van der Waals surface area contributed by atoms with Crippen molar-refractivity contribution in [2.24, 2.45) is 0 Å². The van der Waals surface area contributed by atoms with Crippen LogP contribution in [0.4, 0.5) is 5.13 Å². The van der Waals surface area contributed by atoms with Gasteiger partial charge in [-0.05, 0) is 6.08 Å². The lowest BCUT2D eigenvalue weighted by atomic mass is 10.1. The van der Waals surface area contributed by atoms with Crippen LogP contribution >= 0.6 is 11.3 Å². The van der Waals surface area contributed by atoms with Gasteiger partial charge >= 0.3 is 5.97 Å². The number of anilines is 1. The maximum atomic E-state index is 11.6. The van der Waals surface area contributed by atoms with E-state index in [2.05, 4.69) is 9.72 Å². The molecule has 0 atom stereocenters. The van der Waals surface area contributed by atoms with E-state index in [1.54, 1.807) is 0 Å². The lowest BCUT2D eigenvalue weighted by Crippen LogP contribution is -2.07. The second kappa shape index (κ2) is 6.87. The van der Waals surface area contributed by atoms with Crippen molar-refractivity contribution in [3.8, 4) is 17.3 Å². The maximum absolute atomic E-state index is 11.6. The van der Waals surface area contributed by atoms with Crippen LogP contribution in [-0.4, -0.2) is 32.2 Å². The van der Waals surface area contributed by atoms with Gasteiger partial charge in [0.15, 0.2) is 5.13 Å². The highest BCUT2D eigenvalue weighted by Crippen LogP contribution is 2.34. The molecule has 1 heterocycles. The van der Waals surface area contributed by atoms with E-state index in [1.807, 2.05) is 55.4 Å². The molecule has 0 unspecified atom stereocenters. The molecule has 0 fully saturated rings. The van der Waals surface area contributed by atoms with Crippen LogP contribution in [0, 0.1) is 11.3 Å². The lowest BCUT2D eigenvalue weighted by molar-refractivity contribution is -0.135. The second-order valence-corrected chi connectivity index (χ2v) is 5.64. The van der Waals surface area contributed by atoms with Gasteiger partial charge in [0.2, 0.25) is 0 Å². The van der Waals surface area contributed by atoms with Crippen molar-refractivity contribution in [3.63, 3.8) is 0 Å². The van der Waals surface area contributed by atoms with Gasteiger partial charge in [-0.1, -0.05) is 41.7 Å². The average molecular weight is 313 g/mol. The van der Waals surface area contributed by atoms with Gasteiger partial charge < -0.3 is 9.64 Å². The van der Waals surface area contributed by atoms with Gasteiger partial charge in [0.1, 0.15) is 11.6 Å². The lowest BCUT2D eigenvalue weighted by Gasteiger charge is -2.05. The minimum absolute atomic E-state index is 0.0476. The van der Waals surface area contributed by atoms with E-state index < -0.39 is 5.97 Å². The molecule has 0 N–H and O–H groups in total. The molecular weight excluding hydrogens is 298 g/mol. The zero-order valence-corrected chi connectivity index (χ0v) is 13.3. The van der Waals surface area contributed by atoms with Crippen molar-refractivity contribution >= 4 is 28.5 Å². The van der Waals surface area contributed by atoms with E-state index in [4.69, 9.17) is 5.26 Å². The summed E-state index contributed by atoms with van der Waals surface area (Å²) in [6.07, 6.45) is 1.53. The Morgan fingerprint density at radius 1 is 1.36 bits per heavy atom. The summed E-state index contributed by atoms with van der Waals surface area (Å²) in [4.78, 5) is 18.8. The quantitative estimate of drug-likeness (QED) is 0.493. The molecule has 2 rings (SSSR count). The van der Waals surface area contributed by atoms with Crippen molar-refractivity contribution in [2.75, 3.05) is 26.1 Å². The number of ether oxygens (including phenoxy) is 1. The number of nitriles is 1. The van der Waals surface area contributed by atoms with Crippen LogP contribution in [0.3, 0.4) is 0 Å². The smallest absolute Gasteiger partial charge is 0.348 e. The minimum atomic E-state index is -0.652. The molecule has 2 aromatic rings. The molecule has 0 aliphatic carbocycles. The standard InChI is InChI=1S/C16H15N3O2S/c1-19(2)16-18-14(11-7-5-4-6-8-11)13(22-16)9-12(10-17)15(20)21-3/h4-9H,1-3H3/b12-9+. The Labute approximate surface area is 133 Å². The fourth-order valence-electron chi connectivity index (χ4n) is 1.79. The second-order valence-electron chi connectivity index (χ2n) is 4.63. The molecule has 0 saturated heterocycles. The van der Waals surface area contributed by atoms with Gasteiger partial charge in [-0.3, -0.25) is 0 Å². The zero-order chi connectivity index (χ0) is 16.1. The average Bonchev–Trinajstić information content (AvgIpc) is 2.97. The largest absolute Gasteiger partial charge is 0.465 e. The third-order valence-electron chi connectivity index (χ3n) is 2.87. The molecule has 0 aliphatic rings. The molecule has 0 saturated carbocycles. The monoisotopic (exact) mass is 313 g/mol. The Morgan fingerprint density at radius 3 is 2.59 bits per heavy atom. The first-order valence-corrected chi connectivity index (χ1v) is 7.32. The fourth-order valence-corrected chi connectivity index (χ4v) is 2.74. The molecule has 112 valence electrons. The van der Waals surface area contributed by atoms with E-state index in [0.29, 0.717) is 0 Å². The molecule has 0 bridgehead atoms. The molecule has 1 aromatic heterocycles. The highest BCUT2D eigenvalue weighted by atomic mass is 32.1. The molecule has 5 nitrogen and oxygen atoms in total. The Bertz CT molecular complexity index is 742. The van der Waals surface area contributed by atoms with Crippen LogP contribution < -0.4 is 4.90 Å². The van der Waals surface area contributed by atoms with Crippen molar-refractivity contribution in [2.45, 2.75) is 0 Å². The molecule has 0 radical (unpaired) electrons. The summed E-state index contributed by atoms with van der Waals surface area (Å²) in [5, 5.41) is 9.92. The number of thiazole rings is 1. The third-order valence-corrected chi connectivity index (χ3v) is 4.04. The van der Waals surface area contributed by atoms with Crippen LogP contribution in [-0.2, 0) is 9.53 Å². The van der Waals surface area contributed by atoms with E-state index in [0.717, 1.165) is 21.3 Å². The normalized spacial score (nSPS) is 10.9. The first kappa shape index (κ1) is 15.7. The van der Waals surface area contributed by atoms with E-state index in [1.165, 1.54) is 24.5 Å². The molecule has 0 spiro atoms. The Hall–Kier alpha value is -2.65. The Balaban J connectivity index is 2.58. The summed E-state index contributed by atoms with van der Waals surface area (Å²) >= 11 is 1.41. The van der Waals surface area contributed by atoms with Gasteiger partial charge in [-0.15, -0.1) is 0 Å². The van der Waals surface area contributed by atoms with Gasteiger partial charge in [-0.25, -0.2) is 9.78 Å². The van der Waals surface area contributed by atoms with Gasteiger partial charge in [0.05, 0.1) is 17.7 Å². The Morgan fingerprint density at radius 2 is 2.05 bits per heavy atom. The molecule has 1 aromatic carbocycles. The topological polar surface area (TPSA) is 66.2 Å². The van der Waals surface area contributed by atoms with Crippen molar-refractivity contribution in [1.29, 1.82) is 5.26 Å². The van der Waals surface area contributed by atoms with Gasteiger partial charge in [0, 0.05) is 19.7 Å². The van der Waals surface area contributed by atoms with Crippen molar-refractivity contribution in [3.05, 3.63) is 40.8 Å². The molecule has 0 aliphatic heterocycles. The number of carbonyl (C=O) groups is 1. The van der Waals surface area contributed by atoms with E-state index in [-0.39, 0.29) is 5.57 Å². The zero-order valence-electron chi connectivity index (χ0n) is 12.5. The van der Waals surface area contributed by atoms with Crippen LogP contribution in [0.15, 0.2) is 35.9 Å². The predicted octanol–water partition coefficient (Wildman–Crippen LogP) is 2.96. The number of benzene rings is 1. The first-order valence-electron chi connectivity index (χ1n) is 6.50. The number of hydrogen-bond acceptors (Lipinski definition) is 6. The first-order chi connectivity index (χ1) is 10.6. The van der Waals surface area contributed by atoms with E-state index >= 15 is 0 Å². The van der Waals surface area contributed by atoms with Crippen molar-refractivity contribution in [1.82, 2.24) is 4.98 Å². The van der Waals surface area contributed by atoms with Crippen LogP contribution in [0.1, 0.15) is 4.88 Å². The van der Waals surface area contributed by atoms with Gasteiger partial charge in [-0.2, -0.15) is 5.26 Å². The third kappa shape index (κ3) is 3.32. The molecular formula is C16H15N3O2S. The summed E-state index contributed by atoms with van der Waals surface area (Å²) in [6, 6.07) is 11.5. The number of hydrogen-bond donors (Lipinski definition) is 0. The Kier molecular flexibility index (Phi) is 4.92. The number of nitrogens with zero attached hydrogens (tertiary/aromatic N) is 3. The predicted molar refractivity (Wildman–Crippen MR) is 87.5 cm³/mol. The number of rotatable bonds is 4. The summed E-state index contributed by atoms with van der Waals surface area (Å²) in [5.74, 6) is -0.652. The SMILES string of the molecule is COC(=O)/C(C#N)=C/c1sc(N(C)C)nc1-c1ccccc1. The molecule has 22 heavy (non-hydrogen) atoms. The summed E-state index contributed by atoms with van der Waals surface area (Å²) in [6.45, 7) is 0. The van der Waals surface area contributed by atoms with Crippen LogP contribution in [0.2, 0.25) is 0 Å². The maximum Gasteiger partial charge on any atom is 0.348 e. The summed E-state index contributed by atoms with van der Waals surface area (Å²) < 4.78 is 4.62. The number of methoxy groups -OCH3 is 1. The van der Waals surface area contributed by atoms with Crippen molar-refractivity contribution < 1.29 is 9.53 Å². The number of esters is 1. The fraction of sp³-hybridized carbons (Fsp3) is 0.188. The number of carbonyl (C=O) groups excluding carboxylic acids is 1. The van der Waals surface area contributed by atoms with Crippen LogP contribution in [0.5, 0.6) is 0 Å².